The summed E-state index contributed by atoms with van der Waals surface area (Å²) in [5.41, 5.74) is 5.72. The molecule has 1 aromatic heterocycles. The normalized spacial score (nSPS) is 15.1. The van der Waals surface area contributed by atoms with Gasteiger partial charge in [-0.05, 0) is 55.0 Å². The molecule has 2 aromatic rings. The van der Waals surface area contributed by atoms with E-state index in [0.29, 0.717) is 0 Å². The van der Waals surface area contributed by atoms with Gasteiger partial charge in [-0.1, -0.05) is 12.1 Å². The van der Waals surface area contributed by atoms with Gasteiger partial charge in [0.1, 0.15) is 5.75 Å². The number of hydrazine groups is 1. The molecule has 0 amide bonds. The van der Waals surface area contributed by atoms with Crippen LogP contribution in [0.2, 0.25) is 0 Å². The molecule has 1 aromatic carbocycles. The molecule has 0 aliphatic heterocycles. The van der Waals surface area contributed by atoms with Gasteiger partial charge in [0.2, 0.25) is 0 Å². The van der Waals surface area contributed by atoms with Crippen molar-refractivity contribution < 1.29 is 4.74 Å². The van der Waals surface area contributed by atoms with Gasteiger partial charge in [-0.25, -0.2) is 0 Å². The van der Waals surface area contributed by atoms with Gasteiger partial charge in [0.15, 0.2) is 0 Å². The van der Waals surface area contributed by atoms with E-state index >= 15 is 0 Å². The number of fused-ring (bicyclic) bond motifs is 1. The predicted octanol–water partition coefficient (Wildman–Crippen LogP) is 2.99. The van der Waals surface area contributed by atoms with Crippen molar-refractivity contribution in [2.45, 2.75) is 31.7 Å². The summed E-state index contributed by atoms with van der Waals surface area (Å²) in [6, 6.07) is 10.7. The number of methoxy groups -OCH3 is 1. The van der Waals surface area contributed by atoms with E-state index < -0.39 is 0 Å². The van der Waals surface area contributed by atoms with Gasteiger partial charge >= 0.3 is 0 Å². The van der Waals surface area contributed by atoms with Crippen molar-refractivity contribution in [2.24, 2.45) is 5.84 Å². The molecule has 3 nitrogen and oxygen atoms in total. The highest BCUT2D eigenvalue weighted by atomic mass is 32.1. The number of benzene rings is 1. The standard InChI is InChI=1S/C16H20N2OS/c1-19-13-6-2-4-11(8-13)9-14(18-17)16-10-12-5-3-7-15(12)20-16/h2,4,6,8,10,14,18H,3,5,7,9,17H2,1H3. The largest absolute Gasteiger partial charge is 0.497 e. The van der Waals surface area contributed by atoms with E-state index in [1.54, 1.807) is 12.0 Å². The average molecular weight is 288 g/mol. The van der Waals surface area contributed by atoms with Crippen molar-refractivity contribution in [3.05, 3.63) is 51.2 Å². The number of aryl methyl sites for hydroxylation is 2. The maximum absolute atomic E-state index is 5.77. The van der Waals surface area contributed by atoms with E-state index in [-0.39, 0.29) is 6.04 Å². The fraction of sp³-hybridized carbons (Fsp3) is 0.375. The minimum Gasteiger partial charge on any atom is -0.497 e. The molecule has 0 spiro atoms. The lowest BCUT2D eigenvalue weighted by molar-refractivity contribution is 0.414. The molecule has 4 heteroatoms. The summed E-state index contributed by atoms with van der Waals surface area (Å²) in [5.74, 6) is 6.66. The Morgan fingerprint density at radius 1 is 1.35 bits per heavy atom. The Labute approximate surface area is 123 Å². The maximum Gasteiger partial charge on any atom is 0.119 e. The van der Waals surface area contributed by atoms with Crippen molar-refractivity contribution in [3.8, 4) is 5.75 Å². The summed E-state index contributed by atoms with van der Waals surface area (Å²) in [6.45, 7) is 0. The Hall–Kier alpha value is -1.36. The minimum absolute atomic E-state index is 0.178. The maximum atomic E-state index is 5.77. The lowest BCUT2D eigenvalue weighted by atomic mass is 10.0. The minimum atomic E-state index is 0.178. The van der Waals surface area contributed by atoms with Crippen LogP contribution in [0.15, 0.2) is 30.3 Å². The molecule has 1 aliphatic carbocycles. The van der Waals surface area contributed by atoms with Gasteiger partial charge < -0.3 is 4.74 Å². The van der Waals surface area contributed by atoms with Gasteiger partial charge in [-0.3, -0.25) is 11.3 Å². The fourth-order valence-corrected chi connectivity index (χ4v) is 4.12. The third-order valence-electron chi connectivity index (χ3n) is 3.88. The number of nitrogens with one attached hydrogen (secondary N) is 1. The van der Waals surface area contributed by atoms with Crippen molar-refractivity contribution in [2.75, 3.05) is 7.11 Å². The molecule has 0 bridgehead atoms. The van der Waals surface area contributed by atoms with Gasteiger partial charge in [-0.2, -0.15) is 0 Å². The van der Waals surface area contributed by atoms with E-state index in [4.69, 9.17) is 10.6 Å². The molecule has 0 radical (unpaired) electrons. The second kappa shape index (κ2) is 5.95. The summed E-state index contributed by atoms with van der Waals surface area (Å²) in [6.07, 6.45) is 4.64. The SMILES string of the molecule is COc1cccc(CC(NN)c2cc3c(s2)CCC3)c1. The quantitative estimate of drug-likeness (QED) is 0.657. The molecule has 1 aliphatic rings. The molecular weight excluding hydrogens is 268 g/mol. The van der Waals surface area contributed by atoms with Crippen LogP contribution in [0.25, 0.3) is 0 Å². The zero-order valence-corrected chi connectivity index (χ0v) is 12.5. The summed E-state index contributed by atoms with van der Waals surface area (Å²) >= 11 is 1.91. The third kappa shape index (κ3) is 2.73. The Morgan fingerprint density at radius 2 is 2.25 bits per heavy atom. The van der Waals surface area contributed by atoms with Gasteiger partial charge in [-0.15, -0.1) is 11.3 Å². The van der Waals surface area contributed by atoms with Crippen molar-refractivity contribution in [3.63, 3.8) is 0 Å². The zero-order valence-electron chi connectivity index (χ0n) is 11.7. The second-order valence-electron chi connectivity index (χ2n) is 5.23. The van der Waals surface area contributed by atoms with Crippen LogP contribution in [-0.4, -0.2) is 7.11 Å². The van der Waals surface area contributed by atoms with E-state index in [1.807, 2.05) is 23.5 Å². The zero-order chi connectivity index (χ0) is 13.9. The van der Waals surface area contributed by atoms with E-state index in [9.17, 15) is 0 Å². The monoisotopic (exact) mass is 288 g/mol. The summed E-state index contributed by atoms with van der Waals surface area (Å²) in [7, 11) is 1.70. The first kappa shape index (κ1) is 13.6. The lowest BCUT2D eigenvalue weighted by Gasteiger charge is -2.15. The molecule has 106 valence electrons. The molecule has 0 fully saturated rings. The number of rotatable bonds is 5. The van der Waals surface area contributed by atoms with E-state index in [1.165, 1.54) is 35.3 Å². The first-order valence-corrected chi connectivity index (χ1v) is 7.82. The summed E-state index contributed by atoms with van der Waals surface area (Å²) in [4.78, 5) is 2.89. The van der Waals surface area contributed by atoms with Crippen LogP contribution in [0, 0.1) is 0 Å². The first-order valence-electron chi connectivity index (χ1n) is 7.00. The Kier molecular flexibility index (Phi) is 4.05. The molecule has 0 saturated carbocycles. The van der Waals surface area contributed by atoms with Crippen LogP contribution >= 0.6 is 11.3 Å². The highest BCUT2D eigenvalue weighted by Crippen LogP contribution is 2.34. The van der Waals surface area contributed by atoms with E-state index in [0.717, 1.165) is 12.2 Å². The smallest absolute Gasteiger partial charge is 0.119 e. The molecule has 1 atom stereocenters. The molecule has 1 unspecified atom stereocenters. The Bertz CT molecular complexity index is 572. The van der Waals surface area contributed by atoms with Gasteiger partial charge in [0.05, 0.1) is 13.2 Å². The van der Waals surface area contributed by atoms with Crippen LogP contribution in [0.5, 0.6) is 5.75 Å². The van der Waals surface area contributed by atoms with Crippen LogP contribution in [0.3, 0.4) is 0 Å². The average Bonchev–Trinajstić information content (AvgIpc) is 3.06. The number of hydrogen-bond acceptors (Lipinski definition) is 4. The van der Waals surface area contributed by atoms with Crippen molar-refractivity contribution in [1.82, 2.24) is 5.43 Å². The van der Waals surface area contributed by atoms with Crippen LogP contribution in [0.1, 0.15) is 33.3 Å². The van der Waals surface area contributed by atoms with Crippen molar-refractivity contribution >= 4 is 11.3 Å². The molecule has 3 N–H and O–H groups in total. The first-order chi connectivity index (χ1) is 9.80. The highest BCUT2D eigenvalue weighted by Gasteiger charge is 2.19. The van der Waals surface area contributed by atoms with Crippen LogP contribution in [-0.2, 0) is 19.3 Å². The van der Waals surface area contributed by atoms with Crippen LogP contribution < -0.4 is 16.0 Å². The number of hydrogen-bond donors (Lipinski definition) is 2. The Balaban J connectivity index is 1.78. The number of thiophene rings is 1. The molecule has 0 saturated heterocycles. The van der Waals surface area contributed by atoms with E-state index in [2.05, 4.69) is 23.6 Å². The highest BCUT2D eigenvalue weighted by molar-refractivity contribution is 7.12. The number of nitrogens with two attached hydrogens (primary N) is 1. The lowest BCUT2D eigenvalue weighted by Crippen LogP contribution is -2.29. The predicted molar refractivity (Wildman–Crippen MR) is 83.1 cm³/mol. The van der Waals surface area contributed by atoms with Gasteiger partial charge in [0, 0.05) is 9.75 Å². The molecule has 1 heterocycles. The van der Waals surface area contributed by atoms with Crippen molar-refractivity contribution in [1.29, 1.82) is 0 Å². The van der Waals surface area contributed by atoms with Crippen LogP contribution in [0.4, 0.5) is 0 Å². The molecule has 20 heavy (non-hydrogen) atoms. The number of ether oxygens (including phenoxy) is 1. The summed E-state index contributed by atoms with van der Waals surface area (Å²) in [5, 5.41) is 0. The topological polar surface area (TPSA) is 47.3 Å². The summed E-state index contributed by atoms with van der Waals surface area (Å²) < 4.78 is 5.28. The Morgan fingerprint density at radius 3 is 3.00 bits per heavy atom. The molecule has 3 rings (SSSR count). The second-order valence-corrected chi connectivity index (χ2v) is 6.39. The third-order valence-corrected chi connectivity index (χ3v) is 5.24. The van der Waals surface area contributed by atoms with Gasteiger partial charge in [0.25, 0.3) is 0 Å². The molecular formula is C16H20N2OS. The fourth-order valence-electron chi connectivity index (χ4n) is 2.80.